The average Bonchev–Trinajstić information content (AvgIpc) is 3.41. The number of benzene rings is 2. The first-order valence-electron chi connectivity index (χ1n) is 10.5. The molecule has 0 radical (unpaired) electrons. The van der Waals surface area contributed by atoms with E-state index in [0.29, 0.717) is 13.1 Å². The zero-order valence-corrected chi connectivity index (χ0v) is 17.4. The first-order chi connectivity index (χ1) is 14.6. The van der Waals surface area contributed by atoms with E-state index in [-0.39, 0.29) is 24.5 Å². The van der Waals surface area contributed by atoms with Gasteiger partial charge in [-0.15, -0.1) is 0 Å². The zero-order chi connectivity index (χ0) is 20.9. The molecule has 5 nitrogen and oxygen atoms in total. The van der Waals surface area contributed by atoms with Crippen LogP contribution >= 0.6 is 0 Å². The molecular formula is C25H27N3O2. The second-order valence-corrected chi connectivity index (χ2v) is 8.04. The smallest absolute Gasteiger partial charge is 0.223 e. The van der Waals surface area contributed by atoms with Crippen LogP contribution in [0.4, 0.5) is 0 Å². The Morgan fingerprint density at radius 2 is 1.80 bits per heavy atom. The van der Waals surface area contributed by atoms with E-state index in [1.807, 2.05) is 41.2 Å². The monoisotopic (exact) mass is 401 g/mol. The third kappa shape index (κ3) is 4.85. The molecule has 0 unspecified atom stereocenters. The Labute approximate surface area is 177 Å². The quantitative estimate of drug-likeness (QED) is 0.535. The Balaban J connectivity index is 1.27. The van der Waals surface area contributed by atoms with Crippen molar-refractivity contribution >= 4 is 11.7 Å². The highest BCUT2D eigenvalue weighted by Crippen LogP contribution is 2.23. The second-order valence-electron chi connectivity index (χ2n) is 8.04. The molecule has 30 heavy (non-hydrogen) atoms. The molecule has 1 aliphatic rings. The Morgan fingerprint density at radius 3 is 2.63 bits per heavy atom. The Bertz CT molecular complexity index is 1040. The second kappa shape index (κ2) is 9.08. The van der Waals surface area contributed by atoms with Crippen LogP contribution in [-0.4, -0.2) is 33.4 Å². The molecule has 5 heteroatoms. The van der Waals surface area contributed by atoms with Crippen LogP contribution in [0.1, 0.15) is 51.9 Å². The van der Waals surface area contributed by atoms with Crippen molar-refractivity contribution < 1.29 is 9.59 Å². The molecule has 3 aromatic rings. The maximum atomic E-state index is 12.5. The minimum absolute atomic E-state index is 0.0275. The van der Waals surface area contributed by atoms with Crippen molar-refractivity contribution in [3.8, 4) is 0 Å². The SMILES string of the molecule is CN(Cc1cnn(Cc2ccccc2)c1)C(=O)CCC(=O)c1ccc2c(c1)CCC2. The summed E-state index contributed by atoms with van der Waals surface area (Å²) in [5.74, 6) is 0.0162. The van der Waals surface area contributed by atoms with Crippen LogP contribution in [0.3, 0.4) is 0 Å². The fourth-order valence-electron chi connectivity index (χ4n) is 4.01. The van der Waals surface area contributed by atoms with Gasteiger partial charge in [-0.3, -0.25) is 14.3 Å². The van der Waals surface area contributed by atoms with Gasteiger partial charge in [0.2, 0.25) is 5.91 Å². The number of rotatable bonds is 8. The van der Waals surface area contributed by atoms with E-state index in [1.54, 1.807) is 18.1 Å². The summed E-state index contributed by atoms with van der Waals surface area (Å²) in [5.41, 5.74) is 5.54. The standard InChI is InChI=1S/C25H27N3O2/c1-27(16-20-15-26-28(18-20)17-19-6-3-2-4-7-19)25(30)13-12-24(29)23-11-10-21-8-5-9-22(21)14-23/h2-4,6-7,10-11,14-15,18H,5,8-9,12-13,16-17H2,1H3. The summed E-state index contributed by atoms with van der Waals surface area (Å²) in [7, 11) is 1.77. The first kappa shape index (κ1) is 20.1. The Kier molecular flexibility index (Phi) is 6.07. The summed E-state index contributed by atoms with van der Waals surface area (Å²) in [4.78, 5) is 26.7. The predicted molar refractivity (Wildman–Crippen MR) is 116 cm³/mol. The number of Topliss-reactive ketones (excluding diaryl/α,β-unsaturated/α-hetero) is 1. The number of hydrogen-bond donors (Lipinski definition) is 0. The van der Waals surface area contributed by atoms with Gasteiger partial charge in [0.15, 0.2) is 5.78 Å². The molecule has 154 valence electrons. The lowest BCUT2D eigenvalue weighted by molar-refractivity contribution is -0.130. The summed E-state index contributed by atoms with van der Waals surface area (Å²) in [6, 6.07) is 16.1. The minimum atomic E-state index is -0.0275. The first-order valence-corrected chi connectivity index (χ1v) is 10.5. The van der Waals surface area contributed by atoms with Crippen LogP contribution in [0, 0.1) is 0 Å². The van der Waals surface area contributed by atoms with Gasteiger partial charge in [0.25, 0.3) is 0 Å². The number of carbonyl (C=O) groups is 2. The molecule has 0 N–H and O–H groups in total. The average molecular weight is 402 g/mol. The number of amides is 1. The van der Waals surface area contributed by atoms with E-state index in [4.69, 9.17) is 0 Å². The van der Waals surface area contributed by atoms with Gasteiger partial charge in [-0.1, -0.05) is 42.5 Å². The number of carbonyl (C=O) groups excluding carboxylic acids is 2. The van der Waals surface area contributed by atoms with Crippen LogP contribution in [0.5, 0.6) is 0 Å². The van der Waals surface area contributed by atoms with Gasteiger partial charge in [-0.25, -0.2) is 0 Å². The van der Waals surface area contributed by atoms with Gasteiger partial charge in [0.05, 0.1) is 12.7 Å². The molecule has 1 heterocycles. The molecule has 1 amide bonds. The van der Waals surface area contributed by atoms with Crippen molar-refractivity contribution in [2.45, 2.75) is 45.2 Å². The lowest BCUT2D eigenvalue weighted by Crippen LogP contribution is -2.26. The third-order valence-electron chi connectivity index (χ3n) is 5.71. The van der Waals surface area contributed by atoms with E-state index in [2.05, 4.69) is 23.3 Å². The van der Waals surface area contributed by atoms with Crippen molar-refractivity contribution in [1.82, 2.24) is 14.7 Å². The number of fused-ring (bicyclic) bond motifs is 1. The topological polar surface area (TPSA) is 55.2 Å². The number of hydrogen-bond acceptors (Lipinski definition) is 3. The van der Waals surface area contributed by atoms with Gasteiger partial charge in [-0.2, -0.15) is 5.10 Å². The van der Waals surface area contributed by atoms with Crippen molar-refractivity contribution in [2.24, 2.45) is 0 Å². The van der Waals surface area contributed by atoms with Gasteiger partial charge >= 0.3 is 0 Å². The molecule has 0 bridgehead atoms. The number of aromatic nitrogens is 2. The maximum Gasteiger partial charge on any atom is 0.223 e. The van der Waals surface area contributed by atoms with E-state index in [9.17, 15) is 9.59 Å². The van der Waals surface area contributed by atoms with Gasteiger partial charge < -0.3 is 4.90 Å². The third-order valence-corrected chi connectivity index (χ3v) is 5.71. The molecule has 1 aromatic heterocycles. The minimum Gasteiger partial charge on any atom is -0.341 e. The molecule has 0 atom stereocenters. The van der Waals surface area contributed by atoms with E-state index in [1.165, 1.54) is 16.7 Å². The number of aryl methyl sites for hydroxylation is 2. The fraction of sp³-hybridized carbons (Fsp3) is 0.320. The molecule has 0 fully saturated rings. The summed E-state index contributed by atoms with van der Waals surface area (Å²) in [5, 5.41) is 4.39. The summed E-state index contributed by atoms with van der Waals surface area (Å²) in [6.45, 7) is 1.19. The summed E-state index contributed by atoms with van der Waals surface area (Å²) >= 11 is 0. The Morgan fingerprint density at radius 1 is 1.00 bits per heavy atom. The van der Waals surface area contributed by atoms with E-state index < -0.39 is 0 Å². The molecule has 0 saturated heterocycles. The summed E-state index contributed by atoms with van der Waals surface area (Å²) < 4.78 is 1.88. The largest absolute Gasteiger partial charge is 0.341 e. The molecule has 1 aliphatic carbocycles. The zero-order valence-electron chi connectivity index (χ0n) is 17.4. The van der Waals surface area contributed by atoms with Crippen molar-refractivity contribution in [3.63, 3.8) is 0 Å². The highest BCUT2D eigenvalue weighted by atomic mass is 16.2. The van der Waals surface area contributed by atoms with E-state index >= 15 is 0 Å². The highest BCUT2D eigenvalue weighted by molar-refractivity contribution is 5.98. The van der Waals surface area contributed by atoms with E-state index in [0.717, 1.165) is 30.4 Å². The van der Waals surface area contributed by atoms with Crippen molar-refractivity contribution in [3.05, 3.63) is 88.7 Å². The Hall–Kier alpha value is -3.21. The van der Waals surface area contributed by atoms with Gasteiger partial charge in [0, 0.05) is 43.8 Å². The molecule has 4 rings (SSSR count). The van der Waals surface area contributed by atoms with Crippen molar-refractivity contribution in [1.29, 1.82) is 0 Å². The lowest BCUT2D eigenvalue weighted by atomic mass is 10.0. The number of nitrogens with zero attached hydrogens (tertiary/aromatic N) is 3. The molecular weight excluding hydrogens is 374 g/mol. The predicted octanol–water partition coefficient (Wildman–Crippen LogP) is 4.04. The van der Waals surface area contributed by atoms with Crippen LogP contribution < -0.4 is 0 Å². The van der Waals surface area contributed by atoms with Crippen LogP contribution in [0.15, 0.2) is 60.9 Å². The van der Waals surface area contributed by atoms with Crippen LogP contribution in [0.25, 0.3) is 0 Å². The van der Waals surface area contributed by atoms with Gasteiger partial charge in [-0.05, 0) is 42.0 Å². The van der Waals surface area contributed by atoms with Crippen LogP contribution in [-0.2, 0) is 30.7 Å². The normalized spacial score (nSPS) is 12.6. The van der Waals surface area contributed by atoms with Crippen molar-refractivity contribution in [2.75, 3.05) is 7.05 Å². The molecule has 2 aromatic carbocycles. The van der Waals surface area contributed by atoms with Crippen LogP contribution in [0.2, 0.25) is 0 Å². The summed E-state index contributed by atoms with van der Waals surface area (Å²) in [6.07, 6.45) is 7.55. The highest BCUT2D eigenvalue weighted by Gasteiger charge is 2.16. The lowest BCUT2D eigenvalue weighted by Gasteiger charge is -2.16. The molecule has 0 aliphatic heterocycles. The van der Waals surface area contributed by atoms with Gasteiger partial charge in [0.1, 0.15) is 0 Å². The number of ketones is 1. The maximum absolute atomic E-state index is 12.5. The molecule has 0 spiro atoms. The fourth-order valence-corrected chi connectivity index (χ4v) is 4.01. The molecule has 0 saturated carbocycles.